The van der Waals surface area contributed by atoms with Gasteiger partial charge in [-0.25, -0.2) is 0 Å². The van der Waals surface area contributed by atoms with Crippen LogP contribution in [0.25, 0.3) is 0 Å². The molecule has 0 saturated carbocycles. The van der Waals surface area contributed by atoms with Gasteiger partial charge in [-0.1, -0.05) is 284 Å². The van der Waals surface area contributed by atoms with E-state index >= 15 is 0 Å². The molecule has 19 heteroatoms. The predicted molar refractivity (Wildman–Crippen MR) is 406 cm³/mol. The minimum atomic E-state index is -1.99. The molecule has 12 N–H and O–H groups in total. The number of carbonyl (C=O) groups excluding carboxylic acids is 1. The van der Waals surface area contributed by atoms with Crippen LogP contribution in [0.2, 0.25) is 0 Å². The van der Waals surface area contributed by atoms with Crippen LogP contribution < -0.4 is 5.32 Å². The Morgan fingerprint density at radius 1 is 0.363 bits per heavy atom. The van der Waals surface area contributed by atoms with Gasteiger partial charge in [0.05, 0.1) is 38.6 Å². The molecule has 3 fully saturated rings. The van der Waals surface area contributed by atoms with Gasteiger partial charge in [0.15, 0.2) is 18.9 Å². The van der Waals surface area contributed by atoms with E-state index in [0.717, 1.165) is 96.3 Å². The SMILES string of the molecule is CC/C=C\C/C=C\C/C=C\C/C=C\C/C=C\C/C=C\CCCCCCCCCCCCCCCCC(=O)NC(COC1OC(CO)C(OC2OC(CO)C(OC3OC(CO)C(O)C(O)C3O)C(O)C2O)C(O)C1O)C(O)/C=C/CC/C=C/CC/C=C/CCCCCCCCCCCCCCCC. The van der Waals surface area contributed by atoms with Gasteiger partial charge < -0.3 is 89.9 Å². The fourth-order valence-corrected chi connectivity index (χ4v) is 12.9. The number of hydrogen-bond donors (Lipinski definition) is 12. The Kier molecular flexibility index (Phi) is 56.8. The topological polar surface area (TPSA) is 307 Å². The highest BCUT2D eigenvalue weighted by molar-refractivity contribution is 5.76. The monoisotopic (exact) mass is 1440 g/mol. The Balaban J connectivity index is 1.39. The van der Waals surface area contributed by atoms with Gasteiger partial charge in [-0.2, -0.15) is 0 Å². The Morgan fingerprint density at radius 3 is 1.10 bits per heavy atom. The maximum absolute atomic E-state index is 13.5. The van der Waals surface area contributed by atoms with Crippen molar-refractivity contribution in [2.45, 2.75) is 381 Å². The van der Waals surface area contributed by atoms with Crippen molar-refractivity contribution in [3.63, 3.8) is 0 Å². The summed E-state index contributed by atoms with van der Waals surface area (Å²) in [4.78, 5) is 13.5. The maximum Gasteiger partial charge on any atom is 0.220 e. The molecular weight excluding hydrogens is 1300 g/mol. The number of ether oxygens (including phenoxy) is 6. The van der Waals surface area contributed by atoms with E-state index in [9.17, 15) is 61.0 Å². The zero-order valence-electron chi connectivity index (χ0n) is 62.8. The number of hydrogen-bond acceptors (Lipinski definition) is 18. The Hall–Kier alpha value is -3.55. The van der Waals surface area contributed by atoms with E-state index in [0.29, 0.717) is 12.8 Å². The molecule has 3 saturated heterocycles. The number of amides is 1. The van der Waals surface area contributed by atoms with Gasteiger partial charge in [-0.15, -0.1) is 0 Å². The van der Waals surface area contributed by atoms with Gasteiger partial charge in [0, 0.05) is 6.42 Å². The summed E-state index contributed by atoms with van der Waals surface area (Å²) in [7, 11) is 0. The molecule has 3 rings (SSSR count). The van der Waals surface area contributed by atoms with E-state index in [2.05, 4.69) is 116 Å². The number of unbranched alkanes of at least 4 members (excludes halogenated alkanes) is 30. The predicted octanol–water partition coefficient (Wildman–Crippen LogP) is 13.3. The van der Waals surface area contributed by atoms with Crippen molar-refractivity contribution >= 4 is 5.91 Å². The molecular formula is C83H143NO18. The molecule has 3 heterocycles. The zero-order valence-corrected chi connectivity index (χ0v) is 62.8. The van der Waals surface area contributed by atoms with Crippen LogP contribution in [0, 0.1) is 0 Å². The minimum Gasteiger partial charge on any atom is -0.394 e. The fraction of sp³-hybridized carbons (Fsp3) is 0.771. The lowest BCUT2D eigenvalue weighted by atomic mass is 9.96. The summed E-state index contributed by atoms with van der Waals surface area (Å²) < 4.78 is 34.4. The lowest BCUT2D eigenvalue weighted by Gasteiger charge is -2.48. The lowest BCUT2D eigenvalue weighted by Crippen LogP contribution is -2.66. The molecule has 0 aromatic rings. The van der Waals surface area contributed by atoms with Crippen molar-refractivity contribution in [2.24, 2.45) is 0 Å². The normalized spacial score (nSPS) is 26.8. The number of allylic oxidation sites excluding steroid dienone is 17. The second-order valence-corrected chi connectivity index (χ2v) is 28.1. The standard InChI is InChI=1S/C83H143NO18/c1-3-5-7-9-11-13-15-17-19-21-23-25-27-29-30-31-32-33-34-35-36-37-39-41-43-45-47-49-51-53-55-57-59-61-71(89)84-66(67(88)60-58-56-54-52-50-48-46-44-42-40-38-28-26-24-22-20-18-16-14-12-10-8-6-4-2)65-97-81-77(95)74(92)79(69(63-86)99-81)102-83-78(96)75(93)80(70(64-87)100-83)101-82-76(94)73(91)72(90)68(62-85)98-82/h5,7,11,13,17,19,23,25,29-30,32-33,42,44,50,52,58,60,66-70,72-83,85-88,90-96H,3-4,6,8-10,12,14-16,18,20-22,24,26-28,31,34-41,43,45-49,51,53-57,59,61-65H2,1-2H3,(H,84,89)/b7-5-,13-11-,19-17-,25-23-,30-29-,33-32-,44-42+,52-50+,60-58+. The van der Waals surface area contributed by atoms with Crippen molar-refractivity contribution in [1.82, 2.24) is 5.32 Å². The number of nitrogens with one attached hydrogen (secondary N) is 1. The third kappa shape index (κ3) is 42.1. The number of rotatable bonds is 62. The van der Waals surface area contributed by atoms with E-state index in [1.807, 2.05) is 6.08 Å². The molecule has 0 aromatic carbocycles. The quantitative estimate of drug-likeness (QED) is 0.0199. The first kappa shape index (κ1) is 92.7. The molecule has 0 spiro atoms. The van der Waals surface area contributed by atoms with Crippen molar-refractivity contribution in [1.29, 1.82) is 0 Å². The molecule has 3 aliphatic rings. The smallest absolute Gasteiger partial charge is 0.220 e. The summed E-state index contributed by atoms with van der Waals surface area (Å²) in [5.41, 5.74) is 0. The first-order valence-electron chi connectivity index (χ1n) is 40.1. The van der Waals surface area contributed by atoms with E-state index in [4.69, 9.17) is 28.4 Å². The van der Waals surface area contributed by atoms with Gasteiger partial charge in [0.2, 0.25) is 5.91 Å². The highest BCUT2D eigenvalue weighted by atomic mass is 16.8. The molecule has 0 radical (unpaired) electrons. The number of aliphatic hydroxyl groups excluding tert-OH is 11. The van der Waals surface area contributed by atoms with Crippen molar-refractivity contribution < 1.29 is 89.4 Å². The Morgan fingerprint density at radius 2 is 0.686 bits per heavy atom. The van der Waals surface area contributed by atoms with E-state index in [-0.39, 0.29) is 18.9 Å². The molecule has 3 aliphatic heterocycles. The molecule has 17 unspecified atom stereocenters. The average molecular weight is 1440 g/mol. The van der Waals surface area contributed by atoms with Gasteiger partial charge in [0.25, 0.3) is 0 Å². The third-order valence-corrected chi connectivity index (χ3v) is 19.3. The zero-order chi connectivity index (χ0) is 73.9. The van der Waals surface area contributed by atoms with Crippen molar-refractivity contribution in [2.75, 3.05) is 26.4 Å². The Labute approximate surface area is 615 Å². The lowest BCUT2D eigenvalue weighted by molar-refractivity contribution is -0.379. The minimum absolute atomic E-state index is 0.226. The van der Waals surface area contributed by atoms with Crippen LogP contribution in [0.3, 0.4) is 0 Å². The summed E-state index contributed by atoms with van der Waals surface area (Å²) in [5, 5.41) is 121. The van der Waals surface area contributed by atoms with Crippen LogP contribution in [-0.2, 0) is 33.2 Å². The highest BCUT2D eigenvalue weighted by Crippen LogP contribution is 2.33. The van der Waals surface area contributed by atoms with Gasteiger partial charge in [0.1, 0.15) is 73.2 Å². The maximum atomic E-state index is 13.5. The molecule has 19 nitrogen and oxygen atoms in total. The summed E-state index contributed by atoms with van der Waals surface area (Å²) in [6, 6.07) is -1.00. The van der Waals surface area contributed by atoms with Crippen LogP contribution in [0.1, 0.15) is 277 Å². The summed E-state index contributed by atoms with van der Waals surface area (Å²) in [6.45, 7) is 1.61. The highest BCUT2D eigenvalue weighted by Gasteiger charge is 2.54. The van der Waals surface area contributed by atoms with Crippen molar-refractivity contribution in [3.05, 3.63) is 109 Å². The first-order chi connectivity index (χ1) is 49.8. The summed E-state index contributed by atoms with van der Waals surface area (Å²) in [5.74, 6) is -0.292. The molecule has 0 aliphatic carbocycles. The van der Waals surface area contributed by atoms with Gasteiger partial charge in [-0.05, 0) is 96.3 Å². The molecule has 0 bridgehead atoms. The van der Waals surface area contributed by atoms with Gasteiger partial charge >= 0.3 is 0 Å². The Bertz CT molecular complexity index is 2270. The largest absolute Gasteiger partial charge is 0.394 e. The van der Waals surface area contributed by atoms with Gasteiger partial charge in [-0.3, -0.25) is 4.79 Å². The van der Waals surface area contributed by atoms with Crippen LogP contribution in [0.15, 0.2) is 109 Å². The number of carbonyl (C=O) groups is 1. The second-order valence-electron chi connectivity index (χ2n) is 28.1. The molecule has 102 heavy (non-hydrogen) atoms. The summed E-state index contributed by atoms with van der Waals surface area (Å²) in [6.07, 6.45) is 59.3. The second kappa shape index (κ2) is 62.5. The van der Waals surface area contributed by atoms with E-state index in [1.165, 1.54) is 148 Å². The fourth-order valence-electron chi connectivity index (χ4n) is 12.9. The van der Waals surface area contributed by atoms with Crippen molar-refractivity contribution in [3.8, 4) is 0 Å². The first-order valence-corrected chi connectivity index (χ1v) is 40.1. The van der Waals surface area contributed by atoms with Crippen LogP contribution in [0.5, 0.6) is 0 Å². The number of aliphatic hydroxyl groups is 11. The van der Waals surface area contributed by atoms with Crippen LogP contribution in [0.4, 0.5) is 0 Å². The average Bonchev–Trinajstić information content (AvgIpc) is 0.781. The molecule has 1 amide bonds. The molecule has 17 atom stereocenters. The van der Waals surface area contributed by atoms with E-state index < -0.39 is 124 Å². The molecule has 588 valence electrons. The van der Waals surface area contributed by atoms with Crippen LogP contribution in [-0.4, -0.2) is 193 Å². The van der Waals surface area contributed by atoms with Crippen LogP contribution >= 0.6 is 0 Å². The summed E-state index contributed by atoms with van der Waals surface area (Å²) >= 11 is 0. The van der Waals surface area contributed by atoms with E-state index in [1.54, 1.807) is 6.08 Å². The third-order valence-electron chi connectivity index (χ3n) is 19.3. The molecule has 0 aromatic heterocycles.